The maximum absolute atomic E-state index is 13.9. The van der Waals surface area contributed by atoms with E-state index >= 15 is 0 Å². The van der Waals surface area contributed by atoms with Crippen molar-refractivity contribution in [1.82, 2.24) is 40.3 Å². The molecular formula is C45H47N9O6. The standard InChI is InChI=1S/C45H47N9O6/c1-58-45(57)49-39(32-13-7-4-8-14-32)44(56)54-26-10-16-37(54)42-50-40(51-52-42)33-22-19-29(20-23-33)17-18-30-21-24-34-35(27-30)48-41(47-34)36-15-9-25-53(36)43(55)38(46-28-60-59-2)31-11-5-3-6-12-31/h3-8,11-14,19-24,27-28,36-39H,9-10,15-18,25-26H2,1-2H3,(H,47,48)(H,49,57)(H,50,51,52)/t36-,37-,38+,39+/m0/s1. The van der Waals surface area contributed by atoms with Crippen LogP contribution in [-0.4, -0.2) is 86.6 Å². The number of carbonyl (C=O) groups excluding carboxylic acids is 3. The average molecular weight is 810 g/mol. The zero-order valence-corrected chi connectivity index (χ0v) is 33.5. The molecule has 0 spiro atoms. The number of fused-ring (bicyclic) bond motifs is 1. The van der Waals surface area contributed by atoms with Crippen LogP contribution in [0.5, 0.6) is 0 Å². The Labute approximate surface area is 347 Å². The van der Waals surface area contributed by atoms with Gasteiger partial charge in [-0.2, -0.15) is 9.99 Å². The molecule has 0 bridgehead atoms. The number of benzene rings is 4. The highest BCUT2D eigenvalue weighted by molar-refractivity contribution is 5.87. The number of carbonyl (C=O) groups is 3. The number of ether oxygens (including phenoxy) is 1. The van der Waals surface area contributed by atoms with Crippen LogP contribution in [0.15, 0.2) is 108 Å². The fourth-order valence-corrected chi connectivity index (χ4v) is 8.17. The quantitative estimate of drug-likeness (QED) is 0.0457. The van der Waals surface area contributed by atoms with Gasteiger partial charge in [0.2, 0.25) is 6.40 Å². The number of imidazole rings is 1. The highest BCUT2D eigenvalue weighted by atomic mass is 17.2. The van der Waals surface area contributed by atoms with Gasteiger partial charge in [0.25, 0.3) is 11.8 Å². The van der Waals surface area contributed by atoms with Gasteiger partial charge in [0.15, 0.2) is 11.9 Å². The molecule has 15 heteroatoms. The number of H-pyrrole nitrogens is 2. The molecule has 2 saturated heterocycles. The van der Waals surface area contributed by atoms with Crippen molar-refractivity contribution in [2.24, 2.45) is 4.99 Å². The van der Waals surface area contributed by atoms with Crippen molar-refractivity contribution in [3.05, 3.63) is 137 Å². The van der Waals surface area contributed by atoms with E-state index < -0.39 is 18.2 Å². The van der Waals surface area contributed by atoms with E-state index in [9.17, 15) is 14.4 Å². The van der Waals surface area contributed by atoms with Crippen molar-refractivity contribution in [2.75, 3.05) is 27.3 Å². The monoisotopic (exact) mass is 809 g/mol. The predicted octanol–water partition coefficient (Wildman–Crippen LogP) is 6.91. The molecule has 0 radical (unpaired) electrons. The Kier molecular flexibility index (Phi) is 12.2. The largest absolute Gasteiger partial charge is 0.453 e. The highest BCUT2D eigenvalue weighted by Gasteiger charge is 2.38. The third-order valence-electron chi connectivity index (χ3n) is 11.2. The minimum Gasteiger partial charge on any atom is -0.453 e. The van der Waals surface area contributed by atoms with Crippen LogP contribution in [0.2, 0.25) is 0 Å². The van der Waals surface area contributed by atoms with Gasteiger partial charge >= 0.3 is 6.09 Å². The van der Waals surface area contributed by atoms with E-state index in [0.717, 1.165) is 72.9 Å². The predicted molar refractivity (Wildman–Crippen MR) is 223 cm³/mol. The smallest absolute Gasteiger partial charge is 0.407 e. The fourth-order valence-electron chi connectivity index (χ4n) is 8.17. The normalized spacial score (nSPS) is 17.6. The number of alkyl carbamates (subject to hydrolysis) is 1. The van der Waals surface area contributed by atoms with Crippen LogP contribution >= 0.6 is 0 Å². The Bertz CT molecular complexity index is 2440. The van der Waals surface area contributed by atoms with Crippen molar-refractivity contribution in [3.63, 3.8) is 0 Å². The summed E-state index contributed by atoms with van der Waals surface area (Å²) in [6, 6.07) is 30.9. The number of likely N-dealkylation sites (tertiary alicyclic amines) is 2. The van der Waals surface area contributed by atoms with Gasteiger partial charge in [-0.25, -0.2) is 19.8 Å². The molecule has 2 aliphatic rings. The summed E-state index contributed by atoms with van der Waals surface area (Å²) >= 11 is 0. The summed E-state index contributed by atoms with van der Waals surface area (Å²) in [4.78, 5) is 70.8. The second-order valence-electron chi connectivity index (χ2n) is 14.9. The number of hydrogen-bond acceptors (Lipinski definition) is 10. The minimum atomic E-state index is -0.893. The zero-order valence-electron chi connectivity index (χ0n) is 33.5. The Hall–Kier alpha value is -6.87. The molecule has 2 aliphatic heterocycles. The van der Waals surface area contributed by atoms with Crippen molar-refractivity contribution in [3.8, 4) is 11.4 Å². The summed E-state index contributed by atoms with van der Waals surface area (Å²) in [7, 11) is 2.66. The van der Waals surface area contributed by atoms with Crippen LogP contribution in [0.25, 0.3) is 22.4 Å². The lowest BCUT2D eigenvalue weighted by Crippen LogP contribution is -2.42. The first-order valence-corrected chi connectivity index (χ1v) is 20.2. The molecule has 4 aromatic carbocycles. The van der Waals surface area contributed by atoms with Crippen LogP contribution in [0.1, 0.15) is 83.8 Å². The SMILES string of the molecule is COOC=N[C@@H](C(=O)N1CCC[C@H]1c1nc2ccc(CCc3ccc(-c4n[nH]c([C@@H]5CCCN5C(=O)[C@H](NC(=O)OC)c5ccccc5)n4)cc3)cc2[nH]1)c1ccccc1. The molecule has 3 amide bonds. The molecule has 3 N–H and O–H groups in total. The number of hydrogen-bond donors (Lipinski definition) is 3. The van der Waals surface area contributed by atoms with Crippen molar-refractivity contribution in [2.45, 2.75) is 62.7 Å². The average Bonchev–Trinajstić information content (AvgIpc) is 4.13. The number of aromatic amines is 2. The van der Waals surface area contributed by atoms with Gasteiger partial charge in [0.1, 0.15) is 17.7 Å². The molecule has 0 aliphatic carbocycles. The summed E-state index contributed by atoms with van der Waals surface area (Å²) in [6.07, 6.45) is 5.32. The zero-order chi connectivity index (χ0) is 41.4. The first-order valence-electron chi connectivity index (χ1n) is 20.2. The first-order chi connectivity index (χ1) is 29.4. The molecule has 308 valence electrons. The molecule has 8 rings (SSSR count). The highest BCUT2D eigenvalue weighted by Crippen LogP contribution is 2.36. The fraction of sp³-hybridized carbons (Fsp3) is 0.311. The van der Waals surface area contributed by atoms with Gasteiger partial charge in [-0.3, -0.25) is 14.7 Å². The first kappa shape index (κ1) is 39.9. The van der Waals surface area contributed by atoms with Crippen LogP contribution in [0, 0.1) is 0 Å². The molecule has 6 aromatic rings. The van der Waals surface area contributed by atoms with Crippen LogP contribution < -0.4 is 5.32 Å². The van der Waals surface area contributed by atoms with E-state index in [1.807, 2.05) is 83.8 Å². The molecule has 60 heavy (non-hydrogen) atoms. The molecule has 0 unspecified atom stereocenters. The summed E-state index contributed by atoms with van der Waals surface area (Å²) in [6.45, 7) is 1.15. The lowest BCUT2D eigenvalue weighted by Gasteiger charge is -2.28. The van der Waals surface area contributed by atoms with Gasteiger partial charge in [0, 0.05) is 18.7 Å². The van der Waals surface area contributed by atoms with Crippen molar-refractivity contribution < 1.29 is 28.9 Å². The van der Waals surface area contributed by atoms with Gasteiger partial charge in [-0.05, 0) is 72.9 Å². The minimum absolute atomic E-state index is 0.119. The molecule has 2 aromatic heterocycles. The van der Waals surface area contributed by atoms with Gasteiger partial charge in [-0.15, -0.1) is 0 Å². The number of nitrogens with zero attached hydrogens (tertiary/aromatic N) is 6. The number of nitrogens with one attached hydrogen (secondary N) is 3. The van der Waals surface area contributed by atoms with E-state index in [-0.39, 0.29) is 23.9 Å². The molecule has 4 atom stereocenters. The lowest BCUT2D eigenvalue weighted by atomic mass is 10.0. The molecular weight excluding hydrogens is 763 g/mol. The van der Waals surface area contributed by atoms with Crippen molar-refractivity contribution in [1.29, 1.82) is 0 Å². The Balaban J connectivity index is 0.904. The molecule has 0 saturated carbocycles. The van der Waals surface area contributed by atoms with E-state index in [2.05, 4.69) is 54.6 Å². The van der Waals surface area contributed by atoms with Gasteiger partial charge in [0.05, 0.1) is 37.3 Å². The molecule has 15 nitrogen and oxygen atoms in total. The van der Waals surface area contributed by atoms with E-state index in [1.165, 1.54) is 25.3 Å². The van der Waals surface area contributed by atoms with Crippen LogP contribution in [-0.2, 0) is 36.9 Å². The number of aromatic nitrogens is 5. The number of aliphatic imine (C=N–C) groups is 1. The lowest BCUT2D eigenvalue weighted by molar-refractivity contribution is -0.188. The van der Waals surface area contributed by atoms with E-state index in [0.29, 0.717) is 30.3 Å². The summed E-state index contributed by atoms with van der Waals surface area (Å²) in [5.74, 6) is 1.57. The number of amides is 3. The Morgan fingerprint density at radius 3 is 2.15 bits per heavy atom. The van der Waals surface area contributed by atoms with Crippen molar-refractivity contribution >= 4 is 35.3 Å². The maximum atomic E-state index is 13.9. The van der Waals surface area contributed by atoms with E-state index in [1.54, 1.807) is 4.90 Å². The summed E-state index contributed by atoms with van der Waals surface area (Å²) < 4.78 is 4.82. The van der Waals surface area contributed by atoms with Crippen LogP contribution in [0.4, 0.5) is 4.79 Å². The number of aryl methyl sites for hydroxylation is 2. The topological polar surface area (TPSA) is 180 Å². The number of rotatable bonds is 14. The third kappa shape index (κ3) is 8.76. The second kappa shape index (κ2) is 18.4. The second-order valence-corrected chi connectivity index (χ2v) is 14.9. The van der Waals surface area contributed by atoms with Crippen LogP contribution in [0.3, 0.4) is 0 Å². The third-order valence-corrected chi connectivity index (χ3v) is 11.2. The van der Waals surface area contributed by atoms with Gasteiger partial charge in [-0.1, -0.05) is 91.0 Å². The summed E-state index contributed by atoms with van der Waals surface area (Å²) in [5.41, 5.74) is 6.43. The molecule has 4 heterocycles. The summed E-state index contributed by atoms with van der Waals surface area (Å²) in [5, 5.41) is 10.3. The van der Waals surface area contributed by atoms with E-state index in [4.69, 9.17) is 19.6 Å². The maximum Gasteiger partial charge on any atom is 0.407 e. The Morgan fingerprint density at radius 1 is 0.800 bits per heavy atom. The van der Waals surface area contributed by atoms with Gasteiger partial charge < -0.3 is 29.7 Å². The Morgan fingerprint density at radius 2 is 1.45 bits per heavy atom. The number of methoxy groups -OCH3 is 1. The molecule has 2 fully saturated rings.